The molecule has 0 radical (unpaired) electrons. The molecule has 0 aliphatic heterocycles. The molecule has 0 fully saturated rings. The normalized spacial score (nSPS) is 16.9. The van der Waals surface area contributed by atoms with Crippen LogP contribution in [-0.2, 0) is 4.79 Å². The van der Waals surface area contributed by atoms with Crippen molar-refractivity contribution < 1.29 is 9.90 Å². The van der Waals surface area contributed by atoms with Crippen molar-refractivity contribution in [3.05, 3.63) is 0 Å². The van der Waals surface area contributed by atoms with E-state index in [1.54, 1.807) is 6.92 Å². The molecule has 0 saturated heterocycles. The minimum Gasteiger partial charge on any atom is -0.393 e. The zero-order chi connectivity index (χ0) is 11.8. The highest BCUT2D eigenvalue weighted by atomic mass is 16.3. The van der Waals surface area contributed by atoms with Gasteiger partial charge in [0.25, 0.3) is 0 Å². The van der Waals surface area contributed by atoms with Crippen LogP contribution in [-0.4, -0.2) is 29.2 Å². The molecule has 0 aliphatic carbocycles. The second-order valence-corrected chi connectivity index (χ2v) is 4.42. The van der Waals surface area contributed by atoms with Gasteiger partial charge in [-0.2, -0.15) is 0 Å². The zero-order valence-corrected chi connectivity index (χ0v) is 9.99. The summed E-state index contributed by atoms with van der Waals surface area (Å²) in [5.41, 5.74) is 5.58. The van der Waals surface area contributed by atoms with Crippen LogP contribution >= 0.6 is 0 Å². The van der Waals surface area contributed by atoms with Crippen molar-refractivity contribution in [2.75, 3.05) is 0 Å². The molecule has 3 atom stereocenters. The van der Waals surface area contributed by atoms with Crippen LogP contribution < -0.4 is 11.1 Å². The summed E-state index contributed by atoms with van der Waals surface area (Å²) in [7, 11) is 0. The number of rotatable bonds is 7. The number of hydrogen-bond acceptors (Lipinski definition) is 3. The number of nitrogens with two attached hydrogens (primary N) is 1. The number of aliphatic hydroxyl groups excluding tert-OH is 1. The molecular formula is C11H24N2O2. The minimum atomic E-state index is -0.371. The lowest BCUT2D eigenvalue weighted by Gasteiger charge is -2.15. The molecule has 0 heterocycles. The van der Waals surface area contributed by atoms with Crippen LogP contribution in [0.25, 0.3) is 0 Å². The van der Waals surface area contributed by atoms with Gasteiger partial charge in [0.15, 0.2) is 0 Å². The monoisotopic (exact) mass is 216 g/mol. The van der Waals surface area contributed by atoms with E-state index in [0.29, 0.717) is 12.8 Å². The molecule has 4 N–H and O–H groups in total. The molecule has 0 aromatic rings. The molecule has 0 aromatic heterocycles. The highest BCUT2D eigenvalue weighted by molar-refractivity contribution is 5.76. The van der Waals surface area contributed by atoms with Crippen LogP contribution in [0.2, 0.25) is 0 Å². The van der Waals surface area contributed by atoms with E-state index in [2.05, 4.69) is 5.32 Å². The van der Waals surface area contributed by atoms with Crippen molar-refractivity contribution in [1.29, 1.82) is 0 Å². The molecule has 15 heavy (non-hydrogen) atoms. The molecule has 0 aliphatic rings. The van der Waals surface area contributed by atoms with Gasteiger partial charge < -0.3 is 16.2 Å². The van der Waals surface area contributed by atoms with Gasteiger partial charge in [-0.3, -0.25) is 4.79 Å². The van der Waals surface area contributed by atoms with Crippen LogP contribution in [0.5, 0.6) is 0 Å². The summed E-state index contributed by atoms with van der Waals surface area (Å²) in [5, 5.41) is 12.0. The molecule has 0 rings (SSSR count). The second kappa shape index (κ2) is 7.65. The van der Waals surface area contributed by atoms with Gasteiger partial charge >= 0.3 is 0 Å². The second-order valence-electron chi connectivity index (χ2n) is 4.42. The molecule has 0 spiro atoms. The quantitative estimate of drug-likeness (QED) is 0.588. The lowest BCUT2D eigenvalue weighted by Crippen LogP contribution is -2.34. The summed E-state index contributed by atoms with van der Waals surface area (Å²) in [5.74, 6) is 0.0452. The lowest BCUT2D eigenvalue weighted by atomic mass is 10.1. The largest absolute Gasteiger partial charge is 0.393 e. The molecular weight excluding hydrogens is 192 g/mol. The van der Waals surface area contributed by atoms with E-state index >= 15 is 0 Å². The molecule has 0 bridgehead atoms. The Bertz CT molecular complexity index is 181. The molecule has 1 amide bonds. The van der Waals surface area contributed by atoms with Crippen molar-refractivity contribution in [3.63, 3.8) is 0 Å². The Labute approximate surface area is 92.2 Å². The van der Waals surface area contributed by atoms with Crippen LogP contribution in [0.4, 0.5) is 0 Å². The Morgan fingerprint density at radius 3 is 2.47 bits per heavy atom. The fourth-order valence-corrected chi connectivity index (χ4v) is 1.50. The summed E-state index contributed by atoms with van der Waals surface area (Å²) in [4.78, 5) is 11.4. The lowest BCUT2D eigenvalue weighted by molar-refractivity contribution is -0.121. The summed E-state index contributed by atoms with van der Waals surface area (Å²) >= 11 is 0. The summed E-state index contributed by atoms with van der Waals surface area (Å²) in [6.07, 6.45) is 2.44. The first-order chi connectivity index (χ1) is 6.91. The van der Waals surface area contributed by atoms with Crippen molar-refractivity contribution >= 4 is 5.91 Å². The molecule has 4 nitrogen and oxygen atoms in total. The van der Waals surface area contributed by atoms with E-state index < -0.39 is 0 Å². The summed E-state index contributed by atoms with van der Waals surface area (Å²) < 4.78 is 0. The third-order valence-corrected chi connectivity index (χ3v) is 2.17. The number of nitrogens with one attached hydrogen (secondary N) is 1. The first kappa shape index (κ1) is 14.4. The molecule has 4 heteroatoms. The maximum Gasteiger partial charge on any atom is 0.220 e. The van der Waals surface area contributed by atoms with Gasteiger partial charge in [0.2, 0.25) is 5.91 Å². The Morgan fingerprint density at radius 1 is 1.40 bits per heavy atom. The van der Waals surface area contributed by atoms with E-state index in [4.69, 9.17) is 10.8 Å². The van der Waals surface area contributed by atoms with Gasteiger partial charge in [0, 0.05) is 18.5 Å². The highest BCUT2D eigenvalue weighted by Crippen LogP contribution is 2.01. The van der Waals surface area contributed by atoms with Crippen molar-refractivity contribution in [2.24, 2.45) is 5.73 Å². The standard InChI is InChI=1S/C11H24N2O2/c1-8(12)5-4-6-11(15)13-9(2)7-10(3)14/h8-10,14H,4-7,12H2,1-3H3,(H,13,15). The highest BCUT2D eigenvalue weighted by Gasteiger charge is 2.09. The Hall–Kier alpha value is -0.610. The van der Waals surface area contributed by atoms with E-state index in [-0.39, 0.29) is 24.1 Å². The third-order valence-electron chi connectivity index (χ3n) is 2.17. The smallest absolute Gasteiger partial charge is 0.220 e. The van der Waals surface area contributed by atoms with Gasteiger partial charge in [-0.1, -0.05) is 0 Å². The van der Waals surface area contributed by atoms with E-state index in [0.717, 1.165) is 12.8 Å². The molecule has 90 valence electrons. The first-order valence-corrected chi connectivity index (χ1v) is 5.64. The maximum absolute atomic E-state index is 11.4. The zero-order valence-electron chi connectivity index (χ0n) is 9.99. The number of amides is 1. The first-order valence-electron chi connectivity index (χ1n) is 5.64. The Balaban J connectivity index is 3.55. The van der Waals surface area contributed by atoms with Crippen LogP contribution in [0.15, 0.2) is 0 Å². The van der Waals surface area contributed by atoms with Crippen LogP contribution in [0.1, 0.15) is 46.5 Å². The average molecular weight is 216 g/mol. The van der Waals surface area contributed by atoms with Crippen molar-refractivity contribution in [1.82, 2.24) is 5.32 Å². The van der Waals surface area contributed by atoms with Gasteiger partial charge in [-0.25, -0.2) is 0 Å². The van der Waals surface area contributed by atoms with Gasteiger partial charge in [-0.15, -0.1) is 0 Å². The van der Waals surface area contributed by atoms with Crippen molar-refractivity contribution in [3.8, 4) is 0 Å². The third kappa shape index (κ3) is 9.69. The number of carbonyl (C=O) groups excluding carboxylic acids is 1. The number of hydrogen-bond donors (Lipinski definition) is 3. The number of carbonyl (C=O) groups is 1. The minimum absolute atomic E-state index is 0.0350. The fraction of sp³-hybridized carbons (Fsp3) is 0.909. The predicted octanol–water partition coefficient (Wildman–Crippen LogP) is 0.780. The molecule has 0 aromatic carbocycles. The Kier molecular flexibility index (Phi) is 7.34. The van der Waals surface area contributed by atoms with E-state index in [1.807, 2.05) is 13.8 Å². The Morgan fingerprint density at radius 2 is 2.00 bits per heavy atom. The maximum atomic E-state index is 11.4. The topological polar surface area (TPSA) is 75.4 Å². The van der Waals surface area contributed by atoms with Crippen LogP contribution in [0.3, 0.4) is 0 Å². The summed E-state index contributed by atoms with van der Waals surface area (Å²) in [6, 6.07) is 0.195. The van der Waals surface area contributed by atoms with Crippen LogP contribution in [0, 0.1) is 0 Å². The molecule has 3 unspecified atom stereocenters. The average Bonchev–Trinajstić information content (AvgIpc) is 2.00. The van der Waals surface area contributed by atoms with Gasteiger partial charge in [-0.05, 0) is 40.0 Å². The SMILES string of the molecule is CC(N)CCCC(=O)NC(C)CC(C)O. The van der Waals surface area contributed by atoms with E-state index in [1.165, 1.54) is 0 Å². The fourth-order valence-electron chi connectivity index (χ4n) is 1.50. The predicted molar refractivity (Wildman–Crippen MR) is 61.4 cm³/mol. The van der Waals surface area contributed by atoms with Crippen molar-refractivity contribution in [2.45, 2.75) is 64.6 Å². The number of aliphatic hydroxyl groups is 1. The summed E-state index contributed by atoms with van der Waals surface area (Å²) in [6.45, 7) is 5.56. The van der Waals surface area contributed by atoms with Gasteiger partial charge in [0.1, 0.15) is 0 Å². The van der Waals surface area contributed by atoms with Gasteiger partial charge in [0.05, 0.1) is 6.10 Å². The van der Waals surface area contributed by atoms with E-state index in [9.17, 15) is 4.79 Å². The molecule has 0 saturated carbocycles.